The maximum atomic E-state index is 11.9. The van der Waals surface area contributed by atoms with Gasteiger partial charge in [0.25, 0.3) is 0 Å². The molecule has 82 valence electrons. The fourth-order valence-corrected chi connectivity index (χ4v) is 2.42. The summed E-state index contributed by atoms with van der Waals surface area (Å²) in [5.41, 5.74) is 1.67. The van der Waals surface area contributed by atoms with Crippen molar-refractivity contribution in [2.24, 2.45) is 0 Å². The number of hydrogen-bond donors (Lipinski definition) is 0. The van der Waals surface area contributed by atoms with Gasteiger partial charge in [-0.3, -0.25) is 4.79 Å². The molecule has 0 aliphatic rings. The van der Waals surface area contributed by atoms with Crippen LogP contribution in [0.4, 0.5) is 0 Å². The molecule has 1 heterocycles. The van der Waals surface area contributed by atoms with Gasteiger partial charge in [-0.05, 0) is 24.6 Å². The molecular weight excluding hydrogens is 240 g/mol. The molecule has 0 saturated heterocycles. The largest absolute Gasteiger partial charge is 0.294 e. The molecule has 0 aliphatic carbocycles. The van der Waals surface area contributed by atoms with Crippen LogP contribution in [0.25, 0.3) is 0 Å². The van der Waals surface area contributed by atoms with Gasteiger partial charge in [0.2, 0.25) is 0 Å². The lowest BCUT2D eigenvalue weighted by molar-refractivity contribution is 0.0993. The number of Topliss-reactive ketones (excluding diaryl/α,β-unsaturated/α-hetero) is 1. The molecule has 0 fully saturated rings. The smallest absolute Gasteiger partial charge is 0.168 e. The van der Waals surface area contributed by atoms with Crippen molar-refractivity contribution in [3.63, 3.8) is 0 Å². The maximum Gasteiger partial charge on any atom is 0.168 e. The van der Waals surface area contributed by atoms with E-state index in [4.69, 9.17) is 11.6 Å². The number of benzene rings is 1. The highest BCUT2D eigenvalue weighted by Gasteiger charge is 2.10. The Morgan fingerprint density at radius 1 is 1.38 bits per heavy atom. The van der Waals surface area contributed by atoms with Gasteiger partial charge in [0.05, 0.1) is 0 Å². The van der Waals surface area contributed by atoms with E-state index in [0.29, 0.717) is 11.4 Å². The molecule has 0 N–H and O–H groups in total. The van der Waals surface area contributed by atoms with E-state index in [-0.39, 0.29) is 5.78 Å². The van der Waals surface area contributed by atoms with Gasteiger partial charge in [-0.15, -0.1) is 11.3 Å². The van der Waals surface area contributed by atoms with Gasteiger partial charge in [0.1, 0.15) is 0 Å². The Kier molecular flexibility index (Phi) is 3.42. The molecule has 3 heteroatoms. The van der Waals surface area contributed by atoms with Crippen molar-refractivity contribution in [1.82, 2.24) is 0 Å². The number of rotatable bonds is 3. The second kappa shape index (κ2) is 4.81. The first-order valence-electron chi connectivity index (χ1n) is 4.98. The Morgan fingerprint density at radius 3 is 2.75 bits per heavy atom. The quantitative estimate of drug-likeness (QED) is 0.749. The van der Waals surface area contributed by atoms with Crippen LogP contribution in [-0.2, 0) is 6.42 Å². The minimum absolute atomic E-state index is 0.123. The van der Waals surface area contributed by atoms with Gasteiger partial charge >= 0.3 is 0 Å². The van der Waals surface area contributed by atoms with Gasteiger partial charge in [0.15, 0.2) is 5.78 Å². The van der Waals surface area contributed by atoms with E-state index >= 15 is 0 Å². The second-order valence-electron chi connectivity index (χ2n) is 3.64. The molecule has 0 saturated carbocycles. The lowest BCUT2D eigenvalue weighted by Gasteiger charge is -2.01. The van der Waals surface area contributed by atoms with Gasteiger partial charge in [-0.25, -0.2) is 0 Å². The zero-order chi connectivity index (χ0) is 11.5. The Labute approximate surface area is 104 Å². The van der Waals surface area contributed by atoms with E-state index < -0.39 is 0 Å². The van der Waals surface area contributed by atoms with Crippen molar-refractivity contribution >= 4 is 28.7 Å². The van der Waals surface area contributed by atoms with Gasteiger partial charge < -0.3 is 0 Å². The van der Waals surface area contributed by atoms with Crippen LogP contribution in [0.3, 0.4) is 0 Å². The molecule has 0 amide bonds. The summed E-state index contributed by atoms with van der Waals surface area (Å²) in [5.74, 6) is 0.123. The predicted octanol–water partition coefficient (Wildman–Crippen LogP) is 4.14. The summed E-state index contributed by atoms with van der Waals surface area (Å²) in [5, 5.41) is 2.55. The van der Waals surface area contributed by atoms with Gasteiger partial charge in [-0.2, -0.15) is 0 Å². The van der Waals surface area contributed by atoms with Crippen molar-refractivity contribution in [1.29, 1.82) is 0 Å². The van der Waals surface area contributed by atoms with Crippen molar-refractivity contribution in [2.75, 3.05) is 0 Å². The van der Waals surface area contributed by atoms with E-state index in [9.17, 15) is 4.79 Å². The third-order valence-electron chi connectivity index (χ3n) is 2.36. The summed E-state index contributed by atoms with van der Waals surface area (Å²) in [6.45, 7) is 2.00. The number of carbonyl (C=O) groups is 1. The van der Waals surface area contributed by atoms with Crippen LogP contribution in [-0.4, -0.2) is 5.78 Å². The van der Waals surface area contributed by atoms with E-state index in [2.05, 4.69) is 0 Å². The number of carbonyl (C=O) groups excluding carboxylic acids is 1. The van der Waals surface area contributed by atoms with Crippen molar-refractivity contribution < 1.29 is 4.79 Å². The van der Waals surface area contributed by atoms with Crippen LogP contribution < -0.4 is 0 Å². The fourth-order valence-electron chi connectivity index (χ4n) is 1.51. The van der Waals surface area contributed by atoms with Crippen molar-refractivity contribution in [3.05, 3.63) is 56.7 Å². The van der Waals surface area contributed by atoms with Crippen LogP contribution >= 0.6 is 22.9 Å². The number of halogens is 1. The molecule has 0 bridgehead atoms. The monoisotopic (exact) mass is 250 g/mol. The molecule has 2 rings (SSSR count). The molecular formula is C13H11ClOS. The van der Waals surface area contributed by atoms with Crippen LogP contribution in [0.1, 0.15) is 20.8 Å². The zero-order valence-electron chi connectivity index (χ0n) is 8.87. The van der Waals surface area contributed by atoms with E-state index in [1.807, 2.05) is 42.6 Å². The SMILES string of the molecule is Cc1cc(C(=O)Cc2ccccc2Cl)cs1. The van der Waals surface area contributed by atoms with Crippen LogP contribution in [0.5, 0.6) is 0 Å². The second-order valence-corrected chi connectivity index (χ2v) is 5.16. The molecule has 0 atom stereocenters. The molecule has 1 aromatic heterocycles. The molecule has 0 spiro atoms. The minimum Gasteiger partial charge on any atom is -0.294 e. The third kappa shape index (κ3) is 2.52. The normalized spacial score (nSPS) is 10.4. The Bertz CT molecular complexity index is 516. The lowest BCUT2D eigenvalue weighted by atomic mass is 10.1. The summed E-state index contributed by atoms with van der Waals surface area (Å²) in [7, 11) is 0. The first-order chi connectivity index (χ1) is 7.66. The number of ketones is 1. The number of aryl methyl sites for hydroxylation is 1. The summed E-state index contributed by atoms with van der Waals surface area (Å²) in [6, 6.07) is 9.38. The zero-order valence-corrected chi connectivity index (χ0v) is 10.4. The summed E-state index contributed by atoms with van der Waals surface area (Å²) in [6.07, 6.45) is 0.371. The lowest BCUT2D eigenvalue weighted by Crippen LogP contribution is -2.02. The minimum atomic E-state index is 0.123. The van der Waals surface area contributed by atoms with Gasteiger partial charge in [0, 0.05) is 27.3 Å². The fraction of sp³-hybridized carbons (Fsp3) is 0.154. The van der Waals surface area contributed by atoms with E-state index in [0.717, 1.165) is 16.0 Å². The topological polar surface area (TPSA) is 17.1 Å². The summed E-state index contributed by atoms with van der Waals surface area (Å²) >= 11 is 7.61. The van der Waals surface area contributed by atoms with Crippen LogP contribution in [0, 0.1) is 6.92 Å². The highest BCUT2D eigenvalue weighted by atomic mass is 35.5. The average molecular weight is 251 g/mol. The van der Waals surface area contributed by atoms with Gasteiger partial charge in [-0.1, -0.05) is 29.8 Å². The Balaban J connectivity index is 2.17. The first-order valence-corrected chi connectivity index (χ1v) is 6.24. The molecule has 0 unspecified atom stereocenters. The molecule has 2 aromatic rings. The van der Waals surface area contributed by atoms with Crippen molar-refractivity contribution in [3.8, 4) is 0 Å². The Morgan fingerprint density at radius 2 is 2.12 bits per heavy atom. The van der Waals surface area contributed by atoms with Crippen LogP contribution in [0.15, 0.2) is 35.7 Å². The van der Waals surface area contributed by atoms with Crippen LogP contribution in [0.2, 0.25) is 5.02 Å². The molecule has 16 heavy (non-hydrogen) atoms. The standard InChI is InChI=1S/C13H11ClOS/c1-9-6-11(8-16-9)13(15)7-10-4-2-3-5-12(10)14/h2-6,8H,7H2,1H3. The molecule has 1 aromatic carbocycles. The molecule has 0 radical (unpaired) electrons. The number of thiophene rings is 1. The molecule has 1 nitrogen and oxygen atoms in total. The Hall–Kier alpha value is -1.12. The molecule has 0 aliphatic heterocycles. The van der Waals surface area contributed by atoms with E-state index in [1.54, 1.807) is 11.3 Å². The van der Waals surface area contributed by atoms with Crippen molar-refractivity contribution in [2.45, 2.75) is 13.3 Å². The average Bonchev–Trinajstić information content (AvgIpc) is 2.68. The third-order valence-corrected chi connectivity index (χ3v) is 3.59. The first kappa shape index (κ1) is 11.4. The highest BCUT2D eigenvalue weighted by molar-refractivity contribution is 7.10. The summed E-state index contributed by atoms with van der Waals surface area (Å²) in [4.78, 5) is 13.1. The predicted molar refractivity (Wildman–Crippen MR) is 68.5 cm³/mol. The summed E-state index contributed by atoms with van der Waals surface area (Å²) < 4.78 is 0. The highest BCUT2D eigenvalue weighted by Crippen LogP contribution is 2.19. The van der Waals surface area contributed by atoms with E-state index in [1.165, 1.54) is 0 Å². The number of hydrogen-bond acceptors (Lipinski definition) is 2. The maximum absolute atomic E-state index is 11.9.